The summed E-state index contributed by atoms with van der Waals surface area (Å²) >= 11 is 0. The van der Waals surface area contributed by atoms with Gasteiger partial charge in [-0.05, 0) is 0 Å². The summed E-state index contributed by atoms with van der Waals surface area (Å²) in [5.41, 5.74) is 1.59. The SMILES string of the molecule is O=S(=O)(O)CCNO.[Na].[Na]. The molecule has 0 fully saturated rings. The van der Waals surface area contributed by atoms with Gasteiger partial charge >= 0.3 is 0 Å². The van der Waals surface area contributed by atoms with Crippen LogP contribution in [0.25, 0.3) is 0 Å². The van der Waals surface area contributed by atoms with Crippen LogP contribution in [0.4, 0.5) is 0 Å². The van der Waals surface area contributed by atoms with Crippen LogP contribution in [0.3, 0.4) is 0 Å². The molecule has 0 aromatic rings. The molecular formula is C2H7NNa2O4S. The number of rotatable bonds is 3. The van der Waals surface area contributed by atoms with Gasteiger partial charge in [0.25, 0.3) is 10.1 Å². The van der Waals surface area contributed by atoms with E-state index in [1.807, 2.05) is 0 Å². The van der Waals surface area contributed by atoms with Gasteiger partial charge in [0.05, 0.1) is 5.75 Å². The predicted octanol–water partition coefficient (Wildman–Crippen LogP) is -1.91. The Morgan fingerprint density at radius 1 is 1.30 bits per heavy atom. The summed E-state index contributed by atoms with van der Waals surface area (Å²) in [6.07, 6.45) is 0. The molecule has 52 valence electrons. The third-order valence-electron chi connectivity index (χ3n) is 0.472. The van der Waals surface area contributed by atoms with E-state index in [-0.39, 0.29) is 65.7 Å². The standard InChI is InChI=1S/C2H7NO4S.2Na/c4-3-1-2-8(5,6)7;;/h3-4H,1-2H2,(H,5,6,7);;. The first-order valence-electron chi connectivity index (χ1n) is 1.88. The van der Waals surface area contributed by atoms with E-state index < -0.39 is 15.9 Å². The molecule has 0 aromatic carbocycles. The van der Waals surface area contributed by atoms with Gasteiger partial charge in [0, 0.05) is 65.7 Å². The third kappa shape index (κ3) is 16.4. The molecule has 0 aliphatic heterocycles. The zero-order valence-corrected chi connectivity index (χ0v) is 10.8. The second kappa shape index (κ2) is 8.92. The van der Waals surface area contributed by atoms with Gasteiger partial charge in [-0.2, -0.15) is 8.42 Å². The van der Waals surface area contributed by atoms with Gasteiger partial charge in [-0.1, -0.05) is 0 Å². The Morgan fingerprint density at radius 2 is 1.70 bits per heavy atom. The molecule has 0 unspecified atom stereocenters. The second-order valence-corrected chi connectivity index (χ2v) is 2.77. The van der Waals surface area contributed by atoms with Crippen LogP contribution in [0.2, 0.25) is 0 Å². The van der Waals surface area contributed by atoms with Gasteiger partial charge in [0.2, 0.25) is 0 Å². The fraction of sp³-hybridized carbons (Fsp3) is 1.00. The van der Waals surface area contributed by atoms with E-state index in [0.29, 0.717) is 0 Å². The van der Waals surface area contributed by atoms with E-state index in [2.05, 4.69) is 0 Å². The van der Waals surface area contributed by atoms with Gasteiger partial charge in [-0.3, -0.25) is 4.55 Å². The zero-order valence-electron chi connectivity index (χ0n) is 6.03. The van der Waals surface area contributed by atoms with E-state index in [1.54, 1.807) is 5.48 Å². The van der Waals surface area contributed by atoms with Crippen molar-refractivity contribution in [1.82, 2.24) is 5.48 Å². The van der Waals surface area contributed by atoms with Gasteiger partial charge < -0.3 is 5.21 Å². The Labute approximate surface area is 104 Å². The third-order valence-corrected chi connectivity index (χ3v) is 1.19. The molecule has 0 saturated carbocycles. The van der Waals surface area contributed by atoms with Crippen LogP contribution in [0.15, 0.2) is 0 Å². The Balaban J connectivity index is -0.000000245. The number of hydrogen-bond acceptors (Lipinski definition) is 4. The maximum Gasteiger partial charge on any atom is 0.266 e. The fourth-order valence-corrected chi connectivity index (χ4v) is 0.524. The van der Waals surface area contributed by atoms with Crippen LogP contribution in [-0.4, -0.2) is 89.6 Å². The maximum absolute atomic E-state index is 9.79. The molecule has 0 rings (SSSR count). The van der Waals surface area contributed by atoms with Gasteiger partial charge in [-0.25, -0.2) is 5.48 Å². The molecule has 10 heavy (non-hydrogen) atoms. The van der Waals surface area contributed by atoms with E-state index in [4.69, 9.17) is 9.76 Å². The Morgan fingerprint density at radius 3 is 1.80 bits per heavy atom. The first-order chi connectivity index (χ1) is 3.56. The summed E-state index contributed by atoms with van der Waals surface area (Å²) in [6.45, 7) is -0.154. The Kier molecular flexibility index (Phi) is 15.9. The molecule has 0 saturated heterocycles. The first-order valence-corrected chi connectivity index (χ1v) is 3.49. The summed E-state index contributed by atoms with van der Waals surface area (Å²) in [5, 5.41) is 7.80. The van der Waals surface area contributed by atoms with Crippen molar-refractivity contribution in [2.45, 2.75) is 0 Å². The minimum Gasteiger partial charge on any atom is -0.317 e. The van der Waals surface area contributed by atoms with Crippen LogP contribution in [0.1, 0.15) is 0 Å². The molecule has 0 aliphatic rings. The van der Waals surface area contributed by atoms with Crippen molar-refractivity contribution >= 4 is 69.2 Å². The average molecular weight is 187 g/mol. The van der Waals surface area contributed by atoms with E-state index >= 15 is 0 Å². The van der Waals surface area contributed by atoms with E-state index in [9.17, 15) is 8.42 Å². The van der Waals surface area contributed by atoms with Gasteiger partial charge in [-0.15, -0.1) is 0 Å². The zero-order chi connectivity index (χ0) is 6.62. The second-order valence-electron chi connectivity index (χ2n) is 1.19. The smallest absolute Gasteiger partial charge is 0.266 e. The maximum atomic E-state index is 9.79. The van der Waals surface area contributed by atoms with Crippen LogP contribution < -0.4 is 5.48 Å². The number of hydrogen-bond donors (Lipinski definition) is 3. The van der Waals surface area contributed by atoms with Crippen molar-refractivity contribution in [3.63, 3.8) is 0 Å². The minimum atomic E-state index is -3.91. The topological polar surface area (TPSA) is 86.6 Å². The average Bonchev–Trinajstić information content (AvgIpc) is 1.59. The molecule has 0 spiro atoms. The van der Waals surface area contributed by atoms with Crippen molar-refractivity contribution in [3.8, 4) is 0 Å². The van der Waals surface area contributed by atoms with Crippen molar-refractivity contribution in [2.75, 3.05) is 12.3 Å². The van der Waals surface area contributed by atoms with Crippen LogP contribution in [0.5, 0.6) is 0 Å². The summed E-state index contributed by atoms with van der Waals surface area (Å²) in [6, 6.07) is 0. The van der Waals surface area contributed by atoms with Gasteiger partial charge in [0.1, 0.15) is 0 Å². The predicted molar refractivity (Wildman–Crippen MR) is 37.7 cm³/mol. The van der Waals surface area contributed by atoms with E-state index in [0.717, 1.165) is 0 Å². The molecular weight excluding hydrogens is 180 g/mol. The molecule has 2 radical (unpaired) electrons. The van der Waals surface area contributed by atoms with Crippen LogP contribution in [0, 0.1) is 0 Å². The molecule has 5 nitrogen and oxygen atoms in total. The van der Waals surface area contributed by atoms with Crippen LogP contribution in [-0.2, 0) is 10.1 Å². The van der Waals surface area contributed by atoms with Crippen molar-refractivity contribution in [1.29, 1.82) is 0 Å². The normalized spacial score (nSPS) is 9.40. The van der Waals surface area contributed by atoms with Crippen molar-refractivity contribution in [2.24, 2.45) is 0 Å². The molecule has 0 heterocycles. The first kappa shape index (κ1) is 17.8. The fourth-order valence-electron chi connectivity index (χ4n) is 0.175. The molecule has 0 aromatic heterocycles. The largest absolute Gasteiger partial charge is 0.317 e. The summed E-state index contributed by atoms with van der Waals surface area (Å²) in [5.74, 6) is -0.469. The molecule has 0 atom stereocenters. The molecule has 0 amide bonds. The molecule has 8 heteroatoms. The van der Waals surface area contributed by atoms with Gasteiger partial charge in [0.15, 0.2) is 0 Å². The summed E-state index contributed by atoms with van der Waals surface area (Å²) in [4.78, 5) is 0. The quantitative estimate of drug-likeness (QED) is 0.273. The molecule has 0 aliphatic carbocycles. The van der Waals surface area contributed by atoms with Crippen molar-refractivity contribution in [3.05, 3.63) is 0 Å². The number of hydroxylamine groups is 1. The number of nitrogens with one attached hydrogen (secondary N) is 1. The summed E-state index contributed by atoms with van der Waals surface area (Å²) < 4.78 is 27.6. The molecule has 3 N–H and O–H groups in total. The minimum absolute atomic E-state index is 0. The monoisotopic (exact) mass is 187 g/mol. The van der Waals surface area contributed by atoms with Crippen molar-refractivity contribution < 1.29 is 18.2 Å². The Bertz CT molecular complexity index is 145. The van der Waals surface area contributed by atoms with E-state index in [1.165, 1.54) is 0 Å². The van der Waals surface area contributed by atoms with Crippen LogP contribution >= 0.6 is 0 Å². The Hall–Kier alpha value is 1.83. The summed E-state index contributed by atoms with van der Waals surface area (Å²) in [7, 11) is -3.91. The molecule has 0 bridgehead atoms.